The number of H-pyrrole nitrogens is 1. The molecule has 4 nitrogen and oxygen atoms in total. The Balaban J connectivity index is 2.06. The number of aromatic nitrogens is 2. The molecule has 2 N–H and O–H groups in total. The predicted octanol–water partition coefficient (Wildman–Crippen LogP) is 2.73. The van der Waals surface area contributed by atoms with Crippen molar-refractivity contribution in [3.63, 3.8) is 0 Å². The Morgan fingerprint density at radius 1 is 1.15 bits per heavy atom. The topological polar surface area (TPSA) is 57.8 Å². The van der Waals surface area contributed by atoms with Gasteiger partial charge >= 0.3 is 0 Å². The first kappa shape index (κ1) is 12.3. The summed E-state index contributed by atoms with van der Waals surface area (Å²) in [7, 11) is 1.56. The summed E-state index contributed by atoms with van der Waals surface area (Å²) < 4.78 is 12.9. The van der Waals surface area contributed by atoms with E-state index in [4.69, 9.17) is 0 Å². The minimum Gasteiger partial charge on any atom is -0.352 e. The van der Waals surface area contributed by atoms with Crippen LogP contribution in [0, 0.1) is 5.82 Å². The van der Waals surface area contributed by atoms with Crippen LogP contribution < -0.4 is 5.32 Å². The standard InChI is InChI=1S/C15H12FN3O/c1-17-15(20)14-18-12-7-4-10(8-13(12)19-14)9-2-5-11(16)6-3-9/h2-8H,1H3,(H,17,20)(H,18,19). The average molecular weight is 269 g/mol. The largest absolute Gasteiger partial charge is 0.352 e. The lowest BCUT2D eigenvalue weighted by Crippen LogP contribution is -2.19. The van der Waals surface area contributed by atoms with Gasteiger partial charge in [0.05, 0.1) is 11.0 Å². The molecule has 0 aliphatic heterocycles. The molecule has 3 aromatic rings. The predicted molar refractivity (Wildman–Crippen MR) is 74.9 cm³/mol. The van der Waals surface area contributed by atoms with Gasteiger partial charge in [-0.3, -0.25) is 4.79 Å². The molecule has 5 heteroatoms. The van der Waals surface area contributed by atoms with Crippen molar-refractivity contribution < 1.29 is 9.18 Å². The van der Waals surface area contributed by atoms with Crippen molar-refractivity contribution in [3.05, 3.63) is 54.1 Å². The van der Waals surface area contributed by atoms with E-state index in [1.807, 2.05) is 18.2 Å². The van der Waals surface area contributed by atoms with Crippen LogP contribution in [0.25, 0.3) is 22.2 Å². The normalized spacial score (nSPS) is 10.7. The summed E-state index contributed by atoms with van der Waals surface area (Å²) in [5, 5.41) is 2.52. The van der Waals surface area contributed by atoms with Crippen LogP contribution in [0.1, 0.15) is 10.6 Å². The first-order valence-corrected chi connectivity index (χ1v) is 6.15. The van der Waals surface area contributed by atoms with Gasteiger partial charge in [-0.25, -0.2) is 9.37 Å². The summed E-state index contributed by atoms with van der Waals surface area (Å²) in [5.74, 6) is -0.249. The van der Waals surface area contributed by atoms with Crippen LogP contribution in [0.5, 0.6) is 0 Å². The van der Waals surface area contributed by atoms with Gasteiger partial charge in [-0.1, -0.05) is 18.2 Å². The Kier molecular flexibility index (Phi) is 2.95. The molecule has 0 bridgehead atoms. The number of carbonyl (C=O) groups excluding carboxylic acids is 1. The smallest absolute Gasteiger partial charge is 0.286 e. The lowest BCUT2D eigenvalue weighted by Gasteiger charge is -2.01. The highest BCUT2D eigenvalue weighted by Crippen LogP contribution is 2.23. The number of carbonyl (C=O) groups is 1. The quantitative estimate of drug-likeness (QED) is 0.751. The van der Waals surface area contributed by atoms with Crippen LogP contribution in [0.3, 0.4) is 0 Å². The number of fused-ring (bicyclic) bond motifs is 1. The SMILES string of the molecule is CNC(=O)c1nc2ccc(-c3ccc(F)cc3)cc2[nH]1. The monoisotopic (exact) mass is 269 g/mol. The summed E-state index contributed by atoms with van der Waals surface area (Å²) >= 11 is 0. The number of hydrogen-bond donors (Lipinski definition) is 2. The van der Waals surface area contributed by atoms with Crippen molar-refractivity contribution in [2.24, 2.45) is 0 Å². The molecule has 0 radical (unpaired) electrons. The Morgan fingerprint density at radius 3 is 2.55 bits per heavy atom. The van der Waals surface area contributed by atoms with E-state index in [0.29, 0.717) is 0 Å². The molecule has 0 atom stereocenters. The van der Waals surface area contributed by atoms with Crippen molar-refractivity contribution in [3.8, 4) is 11.1 Å². The van der Waals surface area contributed by atoms with Crippen molar-refractivity contribution in [2.45, 2.75) is 0 Å². The molecule has 1 amide bonds. The first-order chi connectivity index (χ1) is 9.67. The number of nitrogens with zero attached hydrogens (tertiary/aromatic N) is 1. The molecule has 0 saturated carbocycles. The van der Waals surface area contributed by atoms with Crippen LogP contribution in [0.2, 0.25) is 0 Å². The average Bonchev–Trinajstić information content (AvgIpc) is 2.90. The fourth-order valence-corrected chi connectivity index (χ4v) is 2.06. The van der Waals surface area contributed by atoms with E-state index in [0.717, 1.165) is 22.2 Å². The molecule has 100 valence electrons. The molecule has 3 rings (SSSR count). The van der Waals surface area contributed by atoms with Gasteiger partial charge in [0.25, 0.3) is 5.91 Å². The van der Waals surface area contributed by atoms with E-state index in [-0.39, 0.29) is 17.5 Å². The summed E-state index contributed by atoms with van der Waals surface area (Å²) in [4.78, 5) is 18.7. The molecular formula is C15H12FN3O. The van der Waals surface area contributed by atoms with Gasteiger partial charge in [0, 0.05) is 7.05 Å². The Bertz CT molecular complexity index is 777. The van der Waals surface area contributed by atoms with E-state index in [9.17, 15) is 9.18 Å². The minimum atomic E-state index is -0.265. The van der Waals surface area contributed by atoms with E-state index in [1.165, 1.54) is 12.1 Å². The molecule has 2 aromatic carbocycles. The molecule has 0 saturated heterocycles. The maximum Gasteiger partial charge on any atom is 0.286 e. The third-order valence-corrected chi connectivity index (χ3v) is 3.10. The second-order valence-electron chi connectivity index (χ2n) is 4.40. The first-order valence-electron chi connectivity index (χ1n) is 6.15. The second-order valence-corrected chi connectivity index (χ2v) is 4.40. The molecular weight excluding hydrogens is 257 g/mol. The van der Waals surface area contributed by atoms with Crippen LogP contribution >= 0.6 is 0 Å². The number of halogens is 1. The lowest BCUT2D eigenvalue weighted by atomic mass is 10.1. The van der Waals surface area contributed by atoms with Gasteiger partial charge in [0.1, 0.15) is 5.82 Å². The summed E-state index contributed by atoms with van der Waals surface area (Å²) in [6.45, 7) is 0. The third-order valence-electron chi connectivity index (χ3n) is 3.10. The van der Waals surface area contributed by atoms with Gasteiger partial charge in [0.15, 0.2) is 5.82 Å². The zero-order valence-electron chi connectivity index (χ0n) is 10.8. The lowest BCUT2D eigenvalue weighted by molar-refractivity contribution is 0.0954. The number of benzene rings is 2. The zero-order chi connectivity index (χ0) is 14.1. The van der Waals surface area contributed by atoms with E-state index >= 15 is 0 Å². The maximum absolute atomic E-state index is 12.9. The second kappa shape index (κ2) is 4.77. The molecule has 20 heavy (non-hydrogen) atoms. The van der Waals surface area contributed by atoms with E-state index < -0.39 is 0 Å². The molecule has 0 aliphatic rings. The molecule has 0 aliphatic carbocycles. The highest BCUT2D eigenvalue weighted by atomic mass is 19.1. The number of nitrogens with one attached hydrogen (secondary N) is 2. The summed E-state index contributed by atoms with van der Waals surface area (Å²) in [5.41, 5.74) is 3.33. The van der Waals surface area contributed by atoms with Crippen molar-refractivity contribution in [1.82, 2.24) is 15.3 Å². The van der Waals surface area contributed by atoms with Gasteiger partial charge < -0.3 is 10.3 Å². The summed E-state index contributed by atoms with van der Waals surface area (Å²) in [6, 6.07) is 11.9. The van der Waals surface area contributed by atoms with Crippen molar-refractivity contribution >= 4 is 16.9 Å². The highest BCUT2D eigenvalue weighted by molar-refractivity contribution is 5.94. The van der Waals surface area contributed by atoms with Crippen molar-refractivity contribution in [1.29, 1.82) is 0 Å². The van der Waals surface area contributed by atoms with Gasteiger partial charge in [-0.05, 0) is 35.4 Å². The van der Waals surface area contributed by atoms with E-state index in [2.05, 4.69) is 15.3 Å². The van der Waals surface area contributed by atoms with Crippen LogP contribution in [-0.4, -0.2) is 22.9 Å². The molecule has 1 aromatic heterocycles. The minimum absolute atomic E-state index is 0.260. The van der Waals surface area contributed by atoms with Gasteiger partial charge in [-0.2, -0.15) is 0 Å². The number of aromatic amines is 1. The Morgan fingerprint density at radius 2 is 1.85 bits per heavy atom. The fourth-order valence-electron chi connectivity index (χ4n) is 2.06. The number of rotatable bonds is 2. The van der Waals surface area contributed by atoms with Crippen LogP contribution in [0.4, 0.5) is 4.39 Å². The van der Waals surface area contributed by atoms with Crippen LogP contribution in [-0.2, 0) is 0 Å². The third kappa shape index (κ3) is 2.14. The number of hydrogen-bond acceptors (Lipinski definition) is 2. The zero-order valence-corrected chi connectivity index (χ0v) is 10.8. The summed E-state index contributed by atoms with van der Waals surface area (Å²) in [6.07, 6.45) is 0. The van der Waals surface area contributed by atoms with Crippen LogP contribution in [0.15, 0.2) is 42.5 Å². The van der Waals surface area contributed by atoms with Gasteiger partial charge in [-0.15, -0.1) is 0 Å². The Hall–Kier alpha value is -2.69. The fraction of sp³-hybridized carbons (Fsp3) is 0.0667. The number of amides is 1. The molecule has 0 unspecified atom stereocenters. The number of imidazole rings is 1. The molecule has 1 heterocycles. The Labute approximate surface area is 114 Å². The van der Waals surface area contributed by atoms with Gasteiger partial charge in [0.2, 0.25) is 0 Å². The molecule has 0 spiro atoms. The highest BCUT2D eigenvalue weighted by Gasteiger charge is 2.10. The maximum atomic E-state index is 12.9. The van der Waals surface area contributed by atoms with Crippen molar-refractivity contribution in [2.75, 3.05) is 7.05 Å². The van der Waals surface area contributed by atoms with E-state index in [1.54, 1.807) is 19.2 Å². The molecule has 0 fully saturated rings.